The topological polar surface area (TPSA) is 32.3 Å². The zero-order valence-corrected chi connectivity index (χ0v) is 13.3. The van der Waals surface area contributed by atoms with Gasteiger partial charge in [-0.25, -0.2) is 3.11 Å². The lowest BCUT2D eigenvalue weighted by Crippen LogP contribution is -2.41. The van der Waals surface area contributed by atoms with Crippen molar-refractivity contribution in [1.29, 1.82) is 0 Å². The maximum Gasteiger partial charge on any atom is 0.251 e. The summed E-state index contributed by atoms with van der Waals surface area (Å²) in [6.45, 7) is 2.09. The van der Waals surface area contributed by atoms with Crippen LogP contribution in [0, 0.1) is 0 Å². The summed E-state index contributed by atoms with van der Waals surface area (Å²) in [7, 11) is 0. The van der Waals surface area contributed by atoms with Gasteiger partial charge in [-0.05, 0) is 35.7 Å². The summed E-state index contributed by atoms with van der Waals surface area (Å²) >= 11 is 2.34. The molecule has 4 heteroatoms. The smallest absolute Gasteiger partial charge is 0.251 e. The van der Waals surface area contributed by atoms with Crippen molar-refractivity contribution in [3.05, 3.63) is 48.0 Å². The number of piperidine rings is 1. The van der Waals surface area contributed by atoms with Crippen LogP contribution >= 0.6 is 22.9 Å². The first-order valence-corrected chi connectivity index (χ1v) is 7.89. The van der Waals surface area contributed by atoms with Crippen LogP contribution in [0.25, 0.3) is 10.8 Å². The average molecular weight is 380 g/mol. The number of benzene rings is 2. The number of carbonyl (C=O) groups excluding carboxylic acids is 1. The van der Waals surface area contributed by atoms with E-state index in [1.54, 1.807) is 0 Å². The van der Waals surface area contributed by atoms with Crippen molar-refractivity contribution in [2.24, 2.45) is 0 Å². The normalized spacial score (nSPS) is 17.2. The molecule has 0 aliphatic carbocycles. The van der Waals surface area contributed by atoms with Gasteiger partial charge in [0.15, 0.2) is 0 Å². The fourth-order valence-corrected chi connectivity index (χ4v) is 3.15. The van der Waals surface area contributed by atoms with E-state index >= 15 is 0 Å². The van der Waals surface area contributed by atoms with E-state index in [0.29, 0.717) is 6.04 Å². The predicted molar refractivity (Wildman–Crippen MR) is 90.0 cm³/mol. The molecule has 0 saturated carbocycles. The van der Waals surface area contributed by atoms with E-state index in [2.05, 4.69) is 37.4 Å². The van der Waals surface area contributed by atoms with Crippen LogP contribution in [0.4, 0.5) is 0 Å². The summed E-state index contributed by atoms with van der Waals surface area (Å²) < 4.78 is 2.27. The van der Waals surface area contributed by atoms with Crippen LogP contribution in [-0.2, 0) is 0 Å². The van der Waals surface area contributed by atoms with Crippen molar-refractivity contribution in [2.45, 2.75) is 18.9 Å². The molecule has 3 rings (SSSR count). The molecule has 0 aromatic heterocycles. The molecule has 1 N–H and O–H groups in total. The summed E-state index contributed by atoms with van der Waals surface area (Å²) in [5.74, 6) is 0.0441. The summed E-state index contributed by atoms with van der Waals surface area (Å²) in [5, 5.41) is 5.43. The second kappa shape index (κ2) is 6.10. The van der Waals surface area contributed by atoms with Crippen LogP contribution in [0.3, 0.4) is 0 Å². The Hall–Kier alpha value is -1.14. The lowest BCUT2D eigenvalue weighted by Gasteiger charge is -2.28. The molecule has 0 atom stereocenters. The zero-order valence-electron chi connectivity index (χ0n) is 11.2. The standard InChI is InChI=1S/C16H17IN2O/c17-19-9-7-15(8-10-19)18-16(20)14-6-5-12-3-1-2-4-13(12)11-14/h1-6,11,15H,7-10H2,(H,18,20). The second-order valence-electron chi connectivity index (χ2n) is 5.22. The number of rotatable bonds is 2. The first-order chi connectivity index (χ1) is 9.72. The Morgan fingerprint density at radius 2 is 1.80 bits per heavy atom. The Kier molecular flexibility index (Phi) is 4.21. The molecule has 2 aromatic carbocycles. The van der Waals surface area contributed by atoms with Gasteiger partial charge in [0.25, 0.3) is 5.91 Å². The lowest BCUT2D eigenvalue weighted by atomic mass is 10.0. The minimum absolute atomic E-state index is 0.0441. The molecule has 1 heterocycles. The molecule has 1 saturated heterocycles. The molecule has 20 heavy (non-hydrogen) atoms. The summed E-state index contributed by atoms with van der Waals surface area (Å²) in [4.78, 5) is 12.3. The monoisotopic (exact) mass is 380 g/mol. The highest BCUT2D eigenvalue weighted by atomic mass is 127. The van der Waals surface area contributed by atoms with Crippen LogP contribution in [0.5, 0.6) is 0 Å². The van der Waals surface area contributed by atoms with Crippen molar-refractivity contribution < 1.29 is 4.79 Å². The highest BCUT2D eigenvalue weighted by molar-refractivity contribution is 14.1. The van der Waals surface area contributed by atoms with Gasteiger partial charge in [0, 0.05) is 47.6 Å². The second-order valence-corrected chi connectivity index (χ2v) is 6.58. The molecule has 1 aliphatic rings. The van der Waals surface area contributed by atoms with Crippen LogP contribution < -0.4 is 5.32 Å². The summed E-state index contributed by atoms with van der Waals surface area (Å²) in [6, 6.07) is 14.3. The van der Waals surface area contributed by atoms with Gasteiger partial charge in [0.1, 0.15) is 0 Å². The molecule has 1 amide bonds. The van der Waals surface area contributed by atoms with Gasteiger partial charge < -0.3 is 5.32 Å². The molecule has 2 aromatic rings. The van der Waals surface area contributed by atoms with Gasteiger partial charge in [-0.2, -0.15) is 0 Å². The van der Waals surface area contributed by atoms with E-state index in [0.717, 1.165) is 36.9 Å². The zero-order chi connectivity index (χ0) is 13.9. The molecule has 0 spiro atoms. The number of hydrogen-bond acceptors (Lipinski definition) is 2. The Bertz CT molecular complexity index is 621. The van der Waals surface area contributed by atoms with Crippen LogP contribution in [0.1, 0.15) is 23.2 Å². The van der Waals surface area contributed by atoms with Gasteiger partial charge in [-0.1, -0.05) is 30.3 Å². The maximum atomic E-state index is 12.3. The highest BCUT2D eigenvalue weighted by Crippen LogP contribution is 2.17. The number of halogens is 1. The van der Waals surface area contributed by atoms with E-state index in [-0.39, 0.29) is 5.91 Å². The third kappa shape index (κ3) is 3.12. The molecule has 3 nitrogen and oxygen atoms in total. The first kappa shape index (κ1) is 13.8. The number of carbonyl (C=O) groups is 1. The average Bonchev–Trinajstić information content (AvgIpc) is 2.49. The largest absolute Gasteiger partial charge is 0.349 e. The Morgan fingerprint density at radius 1 is 1.10 bits per heavy atom. The van der Waals surface area contributed by atoms with Gasteiger partial charge in [-0.3, -0.25) is 4.79 Å². The fraction of sp³-hybridized carbons (Fsp3) is 0.312. The number of nitrogens with one attached hydrogen (secondary N) is 1. The molecule has 1 aliphatic heterocycles. The van der Waals surface area contributed by atoms with Crippen molar-refractivity contribution >= 4 is 39.5 Å². The van der Waals surface area contributed by atoms with Crippen LogP contribution in [-0.4, -0.2) is 28.2 Å². The molecule has 0 unspecified atom stereocenters. The van der Waals surface area contributed by atoms with Gasteiger partial charge in [0.2, 0.25) is 0 Å². The predicted octanol–water partition coefficient (Wildman–Crippen LogP) is 3.38. The van der Waals surface area contributed by atoms with Crippen molar-refractivity contribution in [3.8, 4) is 0 Å². The number of nitrogens with zero attached hydrogens (tertiary/aromatic N) is 1. The van der Waals surface area contributed by atoms with E-state index in [9.17, 15) is 4.79 Å². The minimum atomic E-state index is 0.0441. The minimum Gasteiger partial charge on any atom is -0.349 e. The molecule has 0 bridgehead atoms. The van der Waals surface area contributed by atoms with Gasteiger partial charge >= 0.3 is 0 Å². The quantitative estimate of drug-likeness (QED) is 0.640. The Morgan fingerprint density at radius 3 is 2.55 bits per heavy atom. The third-order valence-corrected chi connectivity index (χ3v) is 4.75. The van der Waals surface area contributed by atoms with Crippen LogP contribution in [0.15, 0.2) is 42.5 Å². The number of hydrogen-bond donors (Lipinski definition) is 1. The molecule has 104 valence electrons. The van der Waals surface area contributed by atoms with E-state index in [4.69, 9.17) is 0 Å². The van der Waals surface area contributed by atoms with Crippen molar-refractivity contribution in [3.63, 3.8) is 0 Å². The van der Waals surface area contributed by atoms with Gasteiger partial charge in [-0.15, -0.1) is 0 Å². The third-order valence-electron chi connectivity index (χ3n) is 3.79. The first-order valence-electron chi connectivity index (χ1n) is 6.93. The number of amides is 1. The van der Waals surface area contributed by atoms with Crippen molar-refractivity contribution in [1.82, 2.24) is 8.43 Å². The number of fused-ring (bicyclic) bond motifs is 1. The SMILES string of the molecule is O=C(NC1CCN(I)CC1)c1ccc2ccccc2c1. The van der Waals surface area contributed by atoms with E-state index < -0.39 is 0 Å². The summed E-state index contributed by atoms with van der Waals surface area (Å²) in [6.07, 6.45) is 2.06. The maximum absolute atomic E-state index is 12.3. The van der Waals surface area contributed by atoms with Crippen LogP contribution in [0.2, 0.25) is 0 Å². The molecular formula is C16H17IN2O. The lowest BCUT2D eigenvalue weighted by molar-refractivity contribution is 0.0926. The molecular weight excluding hydrogens is 363 g/mol. The highest BCUT2D eigenvalue weighted by Gasteiger charge is 2.19. The summed E-state index contributed by atoms with van der Waals surface area (Å²) in [5.41, 5.74) is 0.751. The molecule has 0 radical (unpaired) electrons. The van der Waals surface area contributed by atoms with Gasteiger partial charge in [0.05, 0.1) is 0 Å². The van der Waals surface area contributed by atoms with E-state index in [1.807, 2.05) is 36.4 Å². The Balaban J connectivity index is 1.72. The van der Waals surface area contributed by atoms with Crippen molar-refractivity contribution in [2.75, 3.05) is 13.1 Å². The molecule has 1 fully saturated rings. The van der Waals surface area contributed by atoms with E-state index in [1.165, 1.54) is 5.39 Å². The Labute approximate surface area is 132 Å². The fourth-order valence-electron chi connectivity index (χ4n) is 2.59.